The summed E-state index contributed by atoms with van der Waals surface area (Å²) in [6.07, 6.45) is 3.04. The number of amides is 1. The Labute approximate surface area is 204 Å². The van der Waals surface area contributed by atoms with Crippen LogP contribution in [0, 0.1) is 0 Å². The van der Waals surface area contributed by atoms with Crippen molar-refractivity contribution >= 4 is 33.3 Å². The second-order valence-electron chi connectivity index (χ2n) is 8.48. The van der Waals surface area contributed by atoms with Gasteiger partial charge in [-0.3, -0.25) is 18.9 Å². The molecule has 0 unspecified atom stereocenters. The standard InChI is InChI=1S/C25H27N3O6S/c1-25(2,3)34-23(29)17-28(35(31,32)20-11-9-19(33-4)10-12-20)22-8-6-5-7-21(22)24(30)27-18-13-15-26-16-14-18/h5-16H,17H2,1-4H3,(H,26,27,30). The third-order valence-corrected chi connectivity index (χ3v) is 6.47. The largest absolute Gasteiger partial charge is 0.497 e. The van der Waals surface area contributed by atoms with Gasteiger partial charge in [0.2, 0.25) is 0 Å². The van der Waals surface area contributed by atoms with Crippen molar-refractivity contribution in [2.24, 2.45) is 0 Å². The minimum atomic E-state index is -4.27. The van der Waals surface area contributed by atoms with E-state index in [0.29, 0.717) is 11.4 Å². The average molecular weight is 498 g/mol. The van der Waals surface area contributed by atoms with Crippen molar-refractivity contribution in [1.82, 2.24) is 4.98 Å². The van der Waals surface area contributed by atoms with Crippen LogP contribution >= 0.6 is 0 Å². The fraction of sp³-hybridized carbons (Fsp3) is 0.240. The van der Waals surface area contributed by atoms with Crippen molar-refractivity contribution in [3.8, 4) is 5.75 Å². The predicted octanol–water partition coefficient (Wildman–Crippen LogP) is 3.88. The van der Waals surface area contributed by atoms with Gasteiger partial charge >= 0.3 is 5.97 Å². The number of sulfonamides is 1. The summed E-state index contributed by atoms with van der Waals surface area (Å²) in [5.41, 5.74) is -0.257. The number of nitrogens with zero attached hydrogens (tertiary/aromatic N) is 2. The van der Waals surface area contributed by atoms with Gasteiger partial charge in [-0.15, -0.1) is 0 Å². The fourth-order valence-electron chi connectivity index (χ4n) is 3.18. The minimum Gasteiger partial charge on any atom is -0.497 e. The van der Waals surface area contributed by atoms with E-state index >= 15 is 0 Å². The van der Waals surface area contributed by atoms with Crippen LogP contribution in [-0.2, 0) is 19.6 Å². The Morgan fingerprint density at radius 3 is 2.20 bits per heavy atom. The predicted molar refractivity (Wildman–Crippen MR) is 132 cm³/mol. The zero-order valence-electron chi connectivity index (χ0n) is 19.9. The topological polar surface area (TPSA) is 115 Å². The highest BCUT2D eigenvalue weighted by Crippen LogP contribution is 2.29. The molecule has 0 aliphatic carbocycles. The summed E-state index contributed by atoms with van der Waals surface area (Å²) in [4.78, 5) is 29.7. The zero-order valence-corrected chi connectivity index (χ0v) is 20.7. The van der Waals surface area contributed by atoms with Crippen LogP contribution in [0.2, 0.25) is 0 Å². The molecule has 3 aromatic rings. The van der Waals surface area contributed by atoms with E-state index in [4.69, 9.17) is 9.47 Å². The lowest BCUT2D eigenvalue weighted by molar-refractivity contribution is -0.152. The molecule has 1 aromatic heterocycles. The van der Waals surface area contributed by atoms with Gasteiger partial charge in [0.15, 0.2) is 0 Å². The number of esters is 1. The molecule has 1 N–H and O–H groups in total. The van der Waals surface area contributed by atoms with Crippen molar-refractivity contribution in [3.63, 3.8) is 0 Å². The molecule has 10 heteroatoms. The van der Waals surface area contributed by atoms with Gasteiger partial charge in [0, 0.05) is 18.1 Å². The Balaban J connectivity index is 2.07. The molecule has 0 atom stereocenters. The second-order valence-corrected chi connectivity index (χ2v) is 10.3. The number of para-hydroxylation sites is 1. The number of pyridine rings is 1. The number of anilines is 2. The van der Waals surface area contributed by atoms with Crippen LogP contribution in [0.1, 0.15) is 31.1 Å². The molecule has 0 aliphatic heterocycles. The van der Waals surface area contributed by atoms with E-state index in [1.165, 1.54) is 55.9 Å². The first-order valence-electron chi connectivity index (χ1n) is 10.7. The van der Waals surface area contributed by atoms with E-state index in [1.807, 2.05) is 0 Å². The van der Waals surface area contributed by atoms with E-state index in [9.17, 15) is 18.0 Å². The molecular formula is C25H27N3O6S. The quantitative estimate of drug-likeness (QED) is 0.470. The minimum absolute atomic E-state index is 0.0285. The van der Waals surface area contributed by atoms with Crippen LogP contribution in [-0.4, -0.2) is 44.5 Å². The number of carbonyl (C=O) groups excluding carboxylic acids is 2. The monoisotopic (exact) mass is 497 g/mol. The van der Waals surface area contributed by atoms with Gasteiger partial charge in [0.1, 0.15) is 17.9 Å². The number of benzene rings is 2. The molecule has 184 valence electrons. The fourth-order valence-corrected chi connectivity index (χ4v) is 4.61. The van der Waals surface area contributed by atoms with E-state index in [-0.39, 0.29) is 16.1 Å². The lowest BCUT2D eigenvalue weighted by Crippen LogP contribution is -2.39. The first kappa shape index (κ1) is 25.7. The lowest BCUT2D eigenvalue weighted by Gasteiger charge is -2.27. The SMILES string of the molecule is COc1ccc(S(=O)(=O)N(CC(=O)OC(C)(C)C)c2ccccc2C(=O)Nc2ccncc2)cc1. The number of hydrogen-bond donors (Lipinski definition) is 1. The van der Waals surface area contributed by atoms with Gasteiger partial charge in [-0.2, -0.15) is 0 Å². The summed E-state index contributed by atoms with van der Waals surface area (Å²) in [6, 6.07) is 15.1. The van der Waals surface area contributed by atoms with Gasteiger partial charge in [-0.1, -0.05) is 12.1 Å². The van der Waals surface area contributed by atoms with Gasteiger partial charge in [0.05, 0.1) is 23.3 Å². The van der Waals surface area contributed by atoms with E-state index < -0.39 is 34.0 Å². The third kappa shape index (κ3) is 6.57. The Morgan fingerprint density at radius 2 is 1.60 bits per heavy atom. The molecule has 0 fully saturated rings. The van der Waals surface area contributed by atoms with Crippen molar-refractivity contribution < 1.29 is 27.5 Å². The maximum Gasteiger partial charge on any atom is 0.327 e. The van der Waals surface area contributed by atoms with Crippen LogP contribution in [0.15, 0.2) is 78.0 Å². The number of hydrogen-bond acceptors (Lipinski definition) is 7. The number of nitrogens with one attached hydrogen (secondary N) is 1. The first-order valence-corrected chi connectivity index (χ1v) is 12.1. The maximum atomic E-state index is 13.7. The first-order chi connectivity index (χ1) is 16.5. The number of ether oxygens (including phenoxy) is 2. The molecule has 2 aromatic carbocycles. The highest BCUT2D eigenvalue weighted by molar-refractivity contribution is 7.92. The summed E-state index contributed by atoms with van der Waals surface area (Å²) < 4.78 is 38.8. The Hall–Kier alpha value is -3.92. The molecular weight excluding hydrogens is 470 g/mol. The van der Waals surface area contributed by atoms with Crippen molar-refractivity contribution in [2.75, 3.05) is 23.3 Å². The van der Waals surface area contributed by atoms with E-state index in [0.717, 1.165) is 4.31 Å². The number of aromatic nitrogens is 1. The molecule has 9 nitrogen and oxygen atoms in total. The highest BCUT2D eigenvalue weighted by Gasteiger charge is 2.32. The van der Waals surface area contributed by atoms with Crippen LogP contribution < -0.4 is 14.4 Å². The van der Waals surface area contributed by atoms with Crippen molar-refractivity contribution in [1.29, 1.82) is 0 Å². The molecule has 0 saturated carbocycles. The van der Waals surface area contributed by atoms with Crippen LogP contribution in [0.4, 0.5) is 11.4 Å². The summed E-state index contributed by atoms with van der Waals surface area (Å²) >= 11 is 0. The van der Waals surface area contributed by atoms with Gasteiger partial charge in [-0.05, 0) is 69.3 Å². The Morgan fingerprint density at radius 1 is 0.971 bits per heavy atom. The number of methoxy groups -OCH3 is 1. The number of rotatable bonds is 8. The van der Waals surface area contributed by atoms with Crippen molar-refractivity contribution in [2.45, 2.75) is 31.3 Å². The van der Waals surface area contributed by atoms with Crippen molar-refractivity contribution in [3.05, 3.63) is 78.6 Å². The Bertz CT molecular complexity index is 1290. The second kappa shape index (κ2) is 10.6. The van der Waals surface area contributed by atoms with E-state index in [2.05, 4.69) is 10.3 Å². The lowest BCUT2D eigenvalue weighted by atomic mass is 10.1. The smallest absolute Gasteiger partial charge is 0.327 e. The average Bonchev–Trinajstić information content (AvgIpc) is 2.82. The van der Waals surface area contributed by atoms with Crippen LogP contribution in [0.3, 0.4) is 0 Å². The molecule has 0 aliphatic rings. The van der Waals surface area contributed by atoms with Crippen LogP contribution in [0.25, 0.3) is 0 Å². The molecule has 35 heavy (non-hydrogen) atoms. The van der Waals surface area contributed by atoms with Crippen LogP contribution in [0.5, 0.6) is 5.75 Å². The molecule has 1 heterocycles. The van der Waals surface area contributed by atoms with Gasteiger partial charge in [-0.25, -0.2) is 8.42 Å². The molecule has 0 saturated heterocycles. The summed E-state index contributed by atoms with van der Waals surface area (Å²) in [7, 11) is -2.80. The highest BCUT2D eigenvalue weighted by atomic mass is 32.2. The van der Waals surface area contributed by atoms with Gasteiger partial charge in [0.25, 0.3) is 15.9 Å². The molecule has 0 radical (unpaired) electrons. The Kier molecular flexibility index (Phi) is 7.75. The summed E-state index contributed by atoms with van der Waals surface area (Å²) in [6.45, 7) is 4.42. The molecule has 0 bridgehead atoms. The maximum absolute atomic E-state index is 13.7. The normalized spacial score (nSPS) is 11.4. The van der Waals surface area contributed by atoms with Gasteiger partial charge < -0.3 is 14.8 Å². The molecule has 0 spiro atoms. The van der Waals surface area contributed by atoms with E-state index in [1.54, 1.807) is 45.0 Å². The zero-order chi connectivity index (χ0) is 25.6. The third-order valence-electron chi connectivity index (χ3n) is 4.70. The summed E-state index contributed by atoms with van der Waals surface area (Å²) in [5.74, 6) is -0.843. The summed E-state index contributed by atoms with van der Waals surface area (Å²) in [5, 5.41) is 2.72. The molecule has 1 amide bonds. The number of carbonyl (C=O) groups is 2. The molecule has 3 rings (SSSR count).